The SMILES string of the molecule is CNC(=O)C(C)(C)CNC(=O)c1ccc(Br)cc1F. The number of carbonyl (C=O) groups is 2. The summed E-state index contributed by atoms with van der Waals surface area (Å²) in [6.07, 6.45) is 0. The third kappa shape index (κ3) is 4.02. The van der Waals surface area contributed by atoms with Gasteiger partial charge in [0.15, 0.2) is 0 Å². The van der Waals surface area contributed by atoms with Gasteiger partial charge in [-0.25, -0.2) is 4.39 Å². The zero-order valence-electron chi connectivity index (χ0n) is 11.0. The molecule has 0 radical (unpaired) electrons. The van der Waals surface area contributed by atoms with Gasteiger partial charge in [-0.15, -0.1) is 0 Å². The molecule has 104 valence electrons. The highest BCUT2D eigenvalue weighted by Gasteiger charge is 2.27. The second kappa shape index (κ2) is 6.14. The third-order valence-corrected chi connectivity index (χ3v) is 3.20. The molecule has 4 nitrogen and oxygen atoms in total. The highest BCUT2D eigenvalue weighted by molar-refractivity contribution is 9.10. The van der Waals surface area contributed by atoms with E-state index in [0.29, 0.717) is 4.47 Å². The molecule has 0 saturated carbocycles. The van der Waals surface area contributed by atoms with Gasteiger partial charge in [-0.05, 0) is 32.0 Å². The fraction of sp³-hybridized carbons (Fsp3) is 0.385. The second-order valence-corrected chi connectivity index (χ2v) is 5.69. The fourth-order valence-electron chi connectivity index (χ4n) is 1.49. The Kier molecular flexibility index (Phi) is 5.05. The number of benzene rings is 1. The van der Waals surface area contributed by atoms with Crippen LogP contribution in [0.4, 0.5) is 4.39 Å². The van der Waals surface area contributed by atoms with Gasteiger partial charge in [0.05, 0.1) is 11.0 Å². The molecule has 0 aliphatic carbocycles. The Morgan fingerprint density at radius 1 is 1.37 bits per heavy atom. The lowest BCUT2D eigenvalue weighted by Gasteiger charge is -2.22. The standard InChI is InChI=1S/C13H16BrFN2O2/c1-13(2,12(19)16-3)7-17-11(18)9-5-4-8(14)6-10(9)15/h4-6H,7H2,1-3H3,(H,16,19)(H,17,18). The molecule has 0 aromatic heterocycles. The quantitative estimate of drug-likeness (QED) is 0.888. The molecule has 0 fully saturated rings. The minimum Gasteiger partial charge on any atom is -0.359 e. The van der Waals surface area contributed by atoms with Crippen molar-refractivity contribution in [2.24, 2.45) is 5.41 Å². The van der Waals surface area contributed by atoms with Crippen molar-refractivity contribution in [2.75, 3.05) is 13.6 Å². The van der Waals surface area contributed by atoms with Crippen molar-refractivity contribution >= 4 is 27.7 Å². The van der Waals surface area contributed by atoms with Crippen LogP contribution in [0.5, 0.6) is 0 Å². The Balaban J connectivity index is 2.73. The maximum atomic E-state index is 13.6. The number of carbonyl (C=O) groups excluding carboxylic acids is 2. The lowest BCUT2D eigenvalue weighted by atomic mass is 9.92. The lowest BCUT2D eigenvalue weighted by molar-refractivity contribution is -0.128. The summed E-state index contributed by atoms with van der Waals surface area (Å²) in [7, 11) is 1.53. The van der Waals surface area contributed by atoms with Crippen molar-refractivity contribution in [2.45, 2.75) is 13.8 Å². The van der Waals surface area contributed by atoms with E-state index < -0.39 is 17.1 Å². The van der Waals surface area contributed by atoms with Gasteiger partial charge in [-0.2, -0.15) is 0 Å². The first-order chi connectivity index (χ1) is 8.77. The van der Waals surface area contributed by atoms with E-state index in [1.165, 1.54) is 19.2 Å². The van der Waals surface area contributed by atoms with E-state index in [-0.39, 0.29) is 18.0 Å². The van der Waals surface area contributed by atoms with Crippen LogP contribution in [0.1, 0.15) is 24.2 Å². The molecule has 1 aromatic rings. The molecule has 0 bridgehead atoms. The maximum absolute atomic E-state index is 13.6. The Bertz CT molecular complexity index is 503. The smallest absolute Gasteiger partial charge is 0.254 e. The molecule has 2 amide bonds. The van der Waals surface area contributed by atoms with E-state index in [1.54, 1.807) is 19.9 Å². The Morgan fingerprint density at radius 3 is 2.53 bits per heavy atom. The van der Waals surface area contributed by atoms with Crippen molar-refractivity contribution in [3.05, 3.63) is 34.1 Å². The first-order valence-corrected chi connectivity index (χ1v) is 6.52. The fourth-order valence-corrected chi connectivity index (χ4v) is 1.82. The third-order valence-electron chi connectivity index (χ3n) is 2.71. The van der Waals surface area contributed by atoms with E-state index in [2.05, 4.69) is 26.6 Å². The molecule has 19 heavy (non-hydrogen) atoms. The molecule has 0 saturated heterocycles. The number of nitrogens with one attached hydrogen (secondary N) is 2. The predicted octanol–water partition coefficient (Wildman–Crippen LogP) is 2.09. The van der Waals surface area contributed by atoms with E-state index >= 15 is 0 Å². The Morgan fingerprint density at radius 2 is 2.00 bits per heavy atom. The normalized spacial score (nSPS) is 11.0. The second-order valence-electron chi connectivity index (χ2n) is 4.77. The molecular weight excluding hydrogens is 315 g/mol. The van der Waals surface area contributed by atoms with Gasteiger partial charge in [0, 0.05) is 18.1 Å². The summed E-state index contributed by atoms with van der Waals surface area (Å²) >= 11 is 3.12. The van der Waals surface area contributed by atoms with Crippen molar-refractivity contribution in [1.29, 1.82) is 0 Å². The van der Waals surface area contributed by atoms with Gasteiger partial charge < -0.3 is 10.6 Å². The molecule has 0 heterocycles. The molecule has 0 spiro atoms. The van der Waals surface area contributed by atoms with Gasteiger partial charge in [0.25, 0.3) is 5.91 Å². The predicted molar refractivity (Wildman–Crippen MR) is 74.3 cm³/mol. The summed E-state index contributed by atoms with van der Waals surface area (Å²) in [5.74, 6) is -1.34. The van der Waals surface area contributed by atoms with Crippen LogP contribution in [0.25, 0.3) is 0 Å². The average molecular weight is 331 g/mol. The molecule has 6 heteroatoms. The number of rotatable bonds is 4. The summed E-state index contributed by atoms with van der Waals surface area (Å²) in [6.45, 7) is 3.52. The van der Waals surface area contributed by atoms with Crippen molar-refractivity contribution < 1.29 is 14.0 Å². The number of hydrogen-bond donors (Lipinski definition) is 2. The van der Waals surface area contributed by atoms with Crippen molar-refractivity contribution in [3.63, 3.8) is 0 Å². The van der Waals surface area contributed by atoms with Crippen LogP contribution in [0.3, 0.4) is 0 Å². The molecule has 0 aliphatic heterocycles. The summed E-state index contributed by atoms with van der Waals surface area (Å²) < 4.78 is 14.1. The van der Waals surface area contributed by atoms with Gasteiger partial charge >= 0.3 is 0 Å². The lowest BCUT2D eigenvalue weighted by Crippen LogP contribution is -2.43. The van der Waals surface area contributed by atoms with Crippen LogP contribution >= 0.6 is 15.9 Å². The van der Waals surface area contributed by atoms with Gasteiger partial charge in [-0.1, -0.05) is 15.9 Å². The minimum atomic E-state index is -0.754. The van der Waals surface area contributed by atoms with Crippen molar-refractivity contribution in [1.82, 2.24) is 10.6 Å². The number of amides is 2. The number of halogens is 2. The Hall–Kier alpha value is -1.43. The van der Waals surface area contributed by atoms with Gasteiger partial charge in [0.2, 0.25) is 5.91 Å². The van der Waals surface area contributed by atoms with Crippen LogP contribution in [-0.4, -0.2) is 25.4 Å². The highest BCUT2D eigenvalue weighted by Crippen LogP contribution is 2.17. The molecule has 0 aliphatic rings. The van der Waals surface area contributed by atoms with Crippen LogP contribution in [-0.2, 0) is 4.79 Å². The first kappa shape index (κ1) is 15.6. The topological polar surface area (TPSA) is 58.2 Å². The summed E-state index contributed by atoms with van der Waals surface area (Å²) in [5, 5.41) is 5.08. The molecule has 0 unspecified atom stereocenters. The largest absolute Gasteiger partial charge is 0.359 e. The molecule has 1 aromatic carbocycles. The van der Waals surface area contributed by atoms with E-state index in [1.807, 2.05) is 0 Å². The van der Waals surface area contributed by atoms with Crippen molar-refractivity contribution in [3.8, 4) is 0 Å². The van der Waals surface area contributed by atoms with Gasteiger partial charge in [-0.3, -0.25) is 9.59 Å². The van der Waals surface area contributed by atoms with Crippen LogP contribution in [0.2, 0.25) is 0 Å². The first-order valence-electron chi connectivity index (χ1n) is 5.73. The zero-order chi connectivity index (χ0) is 14.6. The maximum Gasteiger partial charge on any atom is 0.254 e. The monoisotopic (exact) mass is 330 g/mol. The Labute approximate surface area is 119 Å². The molecule has 0 atom stereocenters. The number of hydrogen-bond acceptors (Lipinski definition) is 2. The average Bonchev–Trinajstić information content (AvgIpc) is 2.35. The molecular formula is C13H16BrFN2O2. The van der Waals surface area contributed by atoms with Crippen LogP contribution < -0.4 is 10.6 Å². The zero-order valence-corrected chi connectivity index (χ0v) is 12.6. The van der Waals surface area contributed by atoms with Crippen LogP contribution in [0.15, 0.2) is 22.7 Å². The van der Waals surface area contributed by atoms with E-state index in [9.17, 15) is 14.0 Å². The molecule has 2 N–H and O–H groups in total. The van der Waals surface area contributed by atoms with E-state index in [0.717, 1.165) is 0 Å². The minimum absolute atomic E-state index is 0.0455. The van der Waals surface area contributed by atoms with Crippen LogP contribution in [0, 0.1) is 11.2 Å². The van der Waals surface area contributed by atoms with Gasteiger partial charge in [0.1, 0.15) is 5.82 Å². The summed E-state index contributed by atoms with van der Waals surface area (Å²) in [4.78, 5) is 23.4. The molecule has 1 rings (SSSR count). The summed E-state index contributed by atoms with van der Waals surface area (Å²) in [5.41, 5.74) is -0.799. The highest BCUT2D eigenvalue weighted by atomic mass is 79.9. The summed E-state index contributed by atoms with van der Waals surface area (Å²) in [6, 6.07) is 4.20. The van der Waals surface area contributed by atoms with E-state index in [4.69, 9.17) is 0 Å².